The van der Waals surface area contributed by atoms with Crippen molar-refractivity contribution in [2.45, 2.75) is 52.0 Å². The average molecular weight is 422 g/mol. The first-order valence-electron chi connectivity index (χ1n) is 10.6. The molecule has 2 aromatic heterocycles. The summed E-state index contributed by atoms with van der Waals surface area (Å²) in [4.78, 5) is 33.8. The lowest BCUT2D eigenvalue weighted by molar-refractivity contribution is -0.115. The van der Waals surface area contributed by atoms with Crippen LogP contribution in [-0.2, 0) is 17.6 Å². The van der Waals surface area contributed by atoms with Gasteiger partial charge in [-0.25, -0.2) is 9.97 Å². The molecular formula is C23H27N5O3. The second-order valence-electron chi connectivity index (χ2n) is 8.20. The number of benzene rings is 1. The Kier molecular flexibility index (Phi) is 5.88. The number of aromatic nitrogens is 3. The van der Waals surface area contributed by atoms with Gasteiger partial charge in [0.2, 0.25) is 11.8 Å². The lowest BCUT2D eigenvalue weighted by Gasteiger charge is -2.12. The molecule has 2 amide bonds. The number of H-pyrrole nitrogens is 1. The number of carbonyl (C=O) groups excluding carboxylic acids is 2. The zero-order valence-corrected chi connectivity index (χ0v) is 17.8. The molecule has 1 saturated carbocycles. The first-order chi connectivity index (χ1) is 14.9. The van der Waals surface area contributed by atoms with Gasteiger partial charge in [-0.15, -0.1) is 0 Å². The predicted molar refractivity (Wildman–Crippen MR) is 117 cm³/mol. The third-order valence-corrected chi connectivity index (χ3v) is 5.58. The van der Waals surface area contributed by atoms with Crippen molar-refractivity contribution in [1.82, 2.24) is 20.3 Å². The Morgan fingerprint density at radius 3 is 2.74 bits per heavy atom. The number of fused-ring (bicyclic) bond motifs is 2. The van der Waals surface area contributed by atoms with Crippen molar-refractivity contribution in [2.75, 3.05) is 0 Å². The van der Waals surface area contributed by atoms with E-state index in [2.05, 4.69) is 45.1 Å². The summed E-state index contributed by atoms with van der Waals surface area (Å²) >= 11 is 0. The van der Waals surface area contributed by atoms with Crippen molar-refractivity contribution in [3.8, 4) is 11.6 Å². The minimum absolute atomic E-state index is 0.121. The predicted octanol–water partition coefficient (Wildman–Crippen LogP) is 3.26. The third-order valence-electron chi connectivity index (χ3n) is 5.58. The van der Waals surface area contributed by atoms with Crippen LogP contribution in [0.2, 0.25) is 0 Å². The number of aromatic amines is 1. The van der Waals surface area contributed by atoms with E-state index in [0.29, 0.717) is 28.5 Å². The number of primary amides is 1. The maximum absolute atomic E-state index is 12.6. The van der Waals surface area contributed by atoms with Crippen LogP contribution >= 0.6 is 0 Å². The molecular weight excluding hydrogens is 394 g/mol. The van der Waals surface area contributed by atoms with E-state index < -0.39 is 0 Å². The number of aryl methyl sites for hydroxylation is 2. The van der Waals surface area contributed by atoms with Gasteiger partial charge >= 0.3 is 0 Å². The van der Waals surface area contributed by atoms with Crippen molar-refractivity contribution in [3.05, 3.63) is 47.3 Å². The Morgan fingerprint density at radius 2 is 2.00 bits per heavy atom. The summed E-state index contributed by atoms with van der Waals surface area (Å²) in [6, 6.07) is 6.35. The summed E-state index contributed by atoms with van der Waals surface area (Å²) in [6.07, 6.45) is 9.06. The number of ether oxygens (including phenoxy) is 1. The van der Waals surface area contributed by atoms with E-state index in [0.717, 1.165) is 18.6 Å². The van der Waals surface area contributed by atoms with E-state index >= 15 is 0 Å². The molecule has 5 rings (SSSR count). The minimum atomic E-state index is -0.333. The van der Waals surface area contributed by atoms with Crippen LogP contribution in [0.1, 0.15) is 54.6 Å². The molecule has 2 aliphatic rings. The smallest absolute Gasteiger partial charge is 0.255 e. The number of nitrogens with two attached hydrogens (primary N) is 1. The third kappa shape index (κ3) is 5.02. The van der Waals surface area contributed by atoms with Crippen molar-refractivity contribution in [2.24, 2.45) is 11.7 Å². The Bertz CT molecular complexity index is 1120. The fourth-order valence-corrected chi connectivity index (χ4v) is 3.83. The van der Waals surface area contributed by atoms with Gasteiger partial charge in [0, 0.05) is 19.2 Å². The fourth-order valence-electron chi connectivity index (χ4n) is 3.83. The number of nitrogens with one attached hydrogen (secondary N) is 2. The van der Waals surface area contributed by atoms with E-state index in [1.54, 1.807) is 12.4 Å². The van der Waals surface area contributed by atoms with Crippen molar-refractivity contribution >= 4 is 23.0 Å². The van der Waals surface area contributed by atoms with Crippen molar-refractivity contribution in [3.63, 3.8) is 0 Å². The zero-order valence-electron chi connectivity index (χ0n) is 17.8. The van der Waals surface area contributed by atoms with E-state index in [9.17, 15) is 9.59 Å². The molecule has 162 valence electrons. The summed E-state index contributed by atoms with van der Waals surface area (Å²) in [7, 11) is 0. The van der Waals surface area contributed by atoms with E-state index in [-0.39, 0.29) is 17.9 Å². The van der Waals surface area contributed by atoms with E-state index in [1.807, 2.05) is 6.07 Å². The van der Waals surface area contributed by atoms with Crippen LogP contribution < -0.4 is 15.8 Å². The highest BCUT2D eigenvalue weighted by molar-refractivity contribution is 6.04. The number of rotatable bonds is 5. The topological polar surface area (TPSA) is 123 Å². The molecule has 0 radical (unpaired) electrons. The molecule has 0 bridgehead atoms. The van der Waals surface area contributed by atoms with Gasteiger partial charge in [-0.05, 0) is 68.2 Å². The molecule has 0 unspecified atom stereocenters. The maximum atomic E-state index is 12.6. The Morgan fingerprint density at radius 1 is 1.26 bits per heavy atom. The highest BCUT2D eigenvalue weighted by Gasteiger charge is 2.29. The summed E-state index contributed by atoms with van der Waals surface area (Å²) in [6.45, 7) is 3.36. The summed E-state index contributed by atoms with van der Waals surface area (Å²) in [5, 5.41) is 3.07. The van der Waals surface area contributed by atoms with Gasteiger partial charge in [0.25, 0.3) is 5.91 Å². The van der Waals surface area contributed by atoms with Gasteiger partial charge in [-0.1, -0.05) is 6.07 Å². The summed E-state index contributed by atoms with van der Waals surface area (Å²) < 4.78 is 5.93. The monoisotopic (exact) mass is 421 g/mol. The average Bonchev–Trinajstić information content (AvgIpc) is 3.33. The van der Waals surface area contributed by atoms with Crippen LogP contribution in [0.3, 0.4) is 0 Å². The van der Waals surface area contributed by atoms with Crippen LogP contribution in [0.4, 0.5) is 0 Å². The number of hydrogen-bond acceptors (Lipinski definition) is 5. The quantitative estimate of drug-likeness (QED) is 0.583. The highest BCUT2D eigenvalue weighted by atomic mass is 16.5. The van der Waals surface area contributed by atoms with Crippen LogP contribution in [0, 0.1) is 5.92 Å². The maximum Gasteiger partial charge on any atom is 0.255 e. The number of nitrogens with zero attached hydrogens (tertiary/aromatic N) is 2. The SMILES string of the molecule is CC(N)=O.C[C@@H](NC(=O)c1c[nH]c2ncc(Oc3ccc4c(c3)CCC4)nc12)C1CC1. The Hall–Kier alpha value is -3.42. The number of carbonyl (C=O) groups is 2. The molecule has 2 aliphatic carbocycles. The van der Waals surface area contributed by atoms with Crippen LogP contribution in [-0.4, -0.2) is 32.8 Å². The standard InChI is InChI=1S/C21H22N4O2.C2H5NO/c1-12(13-5-6-13)24-21(26)17-10-22-20-19(17)25-18(11-23-20)27-16-8-7-14-3-2-4-15(14)9-16;1-2(3)4/h7-13H,2-6H2,1H3,(H,22,23)(H,24,26);1H3,(H2,3,4)/t12-;/m1./s1. The first kappa shape index (κ1) is 20.8. The normalized spacial score (nSPS) is 15.5. The summed E-state index contributed by atoms with van der Waals surface area (Å²) in [5.74, 6) is 1.30. The molecule has 1 fully saturated rings. The zero-order chi connectivity index (χ0) is 22.0. The molecule has 3 aromatic rings. The van der Waals surface area contributed by atoms with Crippen molar-refractivity contribution in [1.29, 1.82) is 0 Å². The van der Waals surface area contributed by atoms with Gasteiger partial charge in [0.05, 0.1) is 11.8 Å². The molecule has 0 aliphatic heterocycles. The van der Waals surface area contributed by atoms with Crippen LogP contribution in [0.5, 0.6) is 11.6 Å². The largest absolute Gasteiger partial charge is 0.437 e. The van der Waals surface area contributed by atoms with Crippen LogP contribution in [0.15, 0.2) is 30.6 Å². The molecule has 31 heavy (non-hydrogen) atoms. The molecule has 8 nitrogen and oxygen atoms in total. The molecule has 2 heterocycles. The van der Waals surface area contributed by atoms with Crippen molar-refractivity contribution < 1.29 is 14.3 Å². The fraction of sp³-hybridized carbons (Fsp3) is 0.391. The van der Waals surface area contributed by atoms with Gasteiger partial charge in [0.15, 0.2) is 5.65 Å². The molecule has 0 spiro atoms. The van der Waals surface area contributed by atoms with Crippen LogP contribution in [0.25, 0.3) is 11.2 Å². The molecule has 8 heteroatoms. The van der Waals surface area contributed by atoms with Gasteiger partial charge in [-0.2, -0.15) is 0 Å². The summed E-state index contributed by atoms with van der Waals surface area (Å²) in [5.41, 5.74) is 8.84. The second kappa shape index (κ2) is 8.75. The van der Waals surface area contributed by atoms with E-state index in [4.69, 9.17) is 4.74 Å². The van der Waals surface area contributed by atoms with E-state index in [1.165, 1.54) is 37.3 Å². The van der Waals surface area contributed by atoms with Gasteiger partial charge in [-0.3, -0.25) is 9.59 Å². The lowest BCUT2D eigenvalue weighted by atomic mass is 10.1. The minimum Gasteiger partial charge on any atom is -0.437 e. The molecule has 1 atom stereocenters. The lowest BCUT2D eigenvalue weighted by Crippen LogP contribution is -2.33. The van der Waals surface area contributed by atoms with Gasteiger partial charge in [0.1, 0.15) is 11.3 Å². The van der Waals surface area contributed by atoms with Gasteiger partial charge < -0.3 is 20.8 Å². The first-order valence-corrected chi connectivity index (χ1v) is 10.6. The molecule has 0 saturated heterocycles. The number of amides is 2. The number of hydrogen-bond donors (Lipinski definition) is 3. The Labute approximate surface area is 180 Å². The highest BCUT2D eigenvalue weighted by Crippen LogP contribution is 2.33. The molecule has 1 aromatic carbocycles. The Balaban J connectivity index is 0.000000535. The molecule has 4 N–H and O–H groups in total. The second-order valence-corrected chi connectivity index (χ2v) is 8.20.